The Morgan fingerprint density at radius 3 is 2.50 bits per heavy atom. The Labute approximate surface area is 138 Å². The molecule has 1 fully saturated rings. The molecule has 3 nitrogen and oxygen atoms in total. The van der Waals surface area contributed by atoms with Gasteiger partial charge in [0.2, 0.25) is 0 Å². The van der Waals surface area contributed by atoms with Crippen LogP contribution in [0.4, 0.5) is 0 Å². The lowest BCUT2D eigenvalue weighted by Gasteiger charge is -2.41. The molecule has 0 aliphatic carbocycles. The Bertz CT molecular complexity index is 449. The molecule has 0 aromatic carbocycles. The summed E-state index contributed by atoms with van der Waals surface area (Å²) in [5.74, 6) is 0. The lowest BCUT2D eigenvalue weighted by Crippen LogP contribution is -2.49. The van der Waals surface area contributed by atoms with Crippen LogP contribution in [0, 0.1) is 0 Å². The van der Waals surface area contributed by atoms with Crippen LogP contribution in [-0.4, -0.2) is 34.6 Å². The molecule has 1 aliphatic rings. The number of nitrogens with zero attached hydrogens (tertiary/aromatic N) is 2. The summed E-state index contributed by atoms with van der Waals surface area (Å²) in [5, 5.41) is 3.64. The molecule has 1 saturated heterocycles. The summed E-state index contributed by atoms with van der Waals surface area (Å²) in [5.41, 5.74) is 1.37. The van der Waals surface area contributed by atoms with Gasteiger partial charge in [0.05, 0.1) is 5.69 Å². The zero-order chi connectivity index (χ0) is 14.8. The fourth-order valence-electron chi connectivity index (χ4n) is 2.57. The van der Waals surface area contributed by atoms with Crippen molar-refractivity contribution >= 4 is 31.9 Å². The third-order valence-electron chi connectivity index (χ3n) is 3.89. The molecule has 0 atom stereocenters. The van der Waals surface area contributed by atoms with Crippen LogP contribution < -0.4 is 5.32 Å². The van der Waals surface area contributed by atoms with Gasteiger partial charge in [-0.1, -0.05) is 0 Å². The van der Waals surface area contributed by atoms with Gasteiger partial charge in [-0.2, -0.15) is 0 Å². The molecule has 0 saturated carbocycles. The molecule has 1 aliphatic heterocycles. The Morgan fingerprint density at radius 2 is 1.95 bits per heavy atom. The maximum atomic E-state index is 4.45. The third kappa shape index (κ3) is 4.52. The van der Waals surface area contributed by atoms with Crippen molar-refractivity contribution in [2.75, 3.05) is 13.1 Å². The Morgan fingerprint density at radius 1 is 1.30 bits per heavy atom. The van der Waals surface area contributed by atoms with Crippen LogP contribution in [0.1, 0.15) is 39.3 Å². The van der Waals surface area contributed by atoms with Crippen LogP contribution in [0.3, 0.4) is 0 Å². The van der Waals surface area contributed by atoms with Gasteiger partial charge in [-0.25, -0.2) is 0 Å². The SMILES string of the molecule is CC(C)(C)N1CCC(NCc2ncc(Br)cc2Br)CC1. The average molecular weight is 405 g/mol. The summed E-state index contributed by atoms with van der Waals surface area (Å²) in [6, 6.07) is 2.65. The van der Waals surface area contributed by atoms with Gasteiger partial charge in [0.15, 0.2) is 0 Å². The second kappa shape index (κ2) is 6.86. The van der Waals surface area contributed by atoms with Crippen molar-refractivity contribution in [3.8, 4) is 0 Å². The highest BCUT2D eigenvalue weighted by Crippen LogP contribution is 2.22. The number of hydrogen-bond donors (Lipinski definition) is 1. The highest BCUT2D eigenvalue weighted by molar-refractivity contribution is 9.11. The molecule has 0 amide bonds. The Hall–Kier alpha value is 0.0300. The summed E-state index contributed by atoms with van der Waals surface area (Å²) in [4.78, 5) is 7.02. The van der Waals surface area contributed by atoms with Gasteiger partial charge in [-0.05, 0) is 71.5 Å². The van der Waals surface area contributed by atoms with E-state index in [9.17, 15) is 0 Å². The zero-order valence-electron chi connectivity index (χ0n) is 12.4. The van der Waals surface area contributed by atoms with Gasteiger partial charge in [-0.15, -0.1) is 0 Å². The minimum atomic E-state index is 0.293. The minimum Gasteiger partial charge on any atom is -0.308 e. The Balaban J connectivity index is 1.82. The molecule has 2 rings (SSSR count). The number of halogens is 2. The Kier molecular flexibility index (Phi) is 5.63. The number of pyridine rings is 1. The largest absolute Gasteiger partial charge is 0.308 e. The molecular formula is C15H23Br2N3. The number of piperidine rings is 1. The highest BCUT2D eigenvalue weighted by Gasteiger charge is 2.26. The number of rotatable bonds is 3. The van der Waals surface area contributed by atoms with E-state index in [1.807, 2.05) is 12.3 Å². The van der Waals surface area contributed by atoms with Crippen LogP contribution >= 0.6 is 31.9 Å². The average Bonchev–Trinajstić information content (AvgIpc) is 2.37. The molecule has 20 heavy (non-hydrogen) atoms. The first-order chi connectivity index (χ1) is 9.36. The van der Waals surface area contributed by atoms with Gasteiger partial charge in [0, 0.05) is 46.4 Å². The predicted molar refractivity (Wildman–Crippen MR) is 90.8 cm³/mol. The fourth-order valence-corrected chi connectivity index (χ4v) is 3.70. The van der Waals surface area contributed by atoms with E-state index >= 15 is 0 Å². The summed E-state index contributed by atoms with van der Waals surface area (Å²) in [6.07, 6.45) is 4.28. The molecule has 0 radical (unpaired) electrons. The van der Waals surface area contributed by atoms with Gasteiger partial charge in [0.1, 0.15) is 0 Å². The summed E-state index contributed by atoms with van der Waals surface area (Å²) >= 11 is 7.00. The number of hydrogen-bond acceptors (Lipinski definition) is 3. The third-order valence-corrected chi connectivity index (χ3v) is 5.01. The van der Waals surface area contributed by atoms with Crippen molar-refractivity contribution in [3.63, 3.8) is 0 Å². The lowest BCUT2D eigenvalue weighted by atomic mass is 9.98. The predicted octanol–water partition coefficient (Wildman–Crippen LogP) is 3.96. The van der Waals surface area contributed by atoms with E-state index in [1.165, 1.54) is 25.9 Å². The van der Waals surface area contributed by atoms with Gasteiger partial charge >= 0.3 is 0 Å². The van der Waals surface area contributed by atoms with E-state index in [-0.39, 0.29) is 0 Å². The number of likely N-dealkylation sites (tertiary alicyclic amines) is 1. The van der Waals surface area contributed by atoms with Gasteiger partial charge in [0.25, 0.3) is 0 Å². The van der Waals surface area contributed by atoms with E-state index in [1.54, 1.807) is 0 Å². The van der Waals surface area contributed by atoms with Crippen molar-refractivity contribution in [3.05, 3.63) is 26.9 Å². The smallest absolute Gasteiger partial charge is 0.0684 e. The van der Waals surface area contributed by atoms with Crippen LogP contribution in [0.15, 0.2) is 21.2 Å². The number of nitrogens with one attached hydrogen (secondary N) is 1. The first-order valence-electron chi connectivity index (χ1n) is 7.14. The molecule has 2 heterocycles. The summed E-state index contributed by atoms with van der Waals surface area (Å²) < 4.78 is 2.07. The van der Waals surface area contributed by atoms with E-state index in [0.29, 0.717) is 11.6 Å². The molecular weight excluding hydrogens is 382 g/mol. The normalized spacial score (nSPS) is 18.4. The maximum absolute atomic E-state index is 4.45. The van der Waals surface area contributed by atoms with Crippen LogP contribution in [-0.2, 0) is 6.54 Å². The summed E-state index contributed by atoms with van der Waals surface area (Å²) in [6.45, 7) is 10.1. The summed E-state index contributed by atoms with van der Waals surface area (Å²) in [7, 11) is 0. The minimum absolute atomic E-state index is 0.293. The van der Waals surface area contributed by atoms with E-state index in [0.717, 1.165) is 21.2 Å². The van der Waals surface area contributed by atoms with Crippen molar-refractivity contribution in [2.24, 2.45) is 0 Å². The van der Waals surface area contributed by atoms with Crippen LogP contribution in [0.2, 0.25) is 0 Å². The van der Waals surface area contributed by atoms with E-state index < -0.39 is 0 Å². The lowest BCUT2D eigenvalue weighted by molar-refractivity contribution is 0.0959. The van der Waals surface area contributed by atoms with E-state index in [2.05, 4.69) is 67.8 Å². The maximum Gasteiger partial charge on any atom is 0.0684 e. The van der Waals surface area contributed by atoms with Gasteiger partial charge in [-0.3, -0.25) is 9.88 Å². The standard InChI is InChI=1S/C15H23Br2N3/c1-15(2,3)20-6-4-12(5-7-20)18-10-14-13(17)8-11(16)9-19-14/h8-9,12,18H,4-7,10H2,1-3H3. The molecule has 0 bridgehead atoms. The monoisotopic (exact) mass is 403 g/mol. The molecule has 112 valence electrons. The van der Waals surface area contributed by atoms with Crippen LogP contribution in [0.5, 0.6) is 0 Å². The quantitative estimate of drug-likeness (QED) is 0.826. The number of aromatic nitrogens is 1. The first kappa shape index (κ1) is 16.4. The van der Waals surface area contributed by atoms with Crippen LogP contribution in [0.25, 0.3) is 0 Å². The molecule has 0 unspecified atom stereocenters. The second-order valence-electron chi connectivity index (χ2n) is 6.40. The molecule has 5 heteroatoms. The van der Waals surface area contributed by atoms with Gasteiger partial charge < -0.3 is 5.32 Å². The topological polar surface area (TPSA) is 28.2 Å². The van der Waals surface area contributed by atoms with Crippen molar-refractivity contribution in [2.45, 2.75) is 51.7 Å². The molecule has 1 aromatic heterocycles. The zero-order valence-corrected chi connectivity index (χ0v) is 15.6. The van der Waals surface area contributed by atoms with Crippen molar-refractivity contribution < 1.29 is 0 Å². The molecule has 0 spiro atoms. The first-order valence-corrected chi connectivity index (χ1v) is 8.73. The van der Waals surface area contributed by atoms with Crippen molar-refractivity contribution in [1.29, 1.82) is 0 Å². The molecule has 1 N–H and O–H groups in total. The highest BCUT2D eigenvalue weighted by atomic mass is 79.9. The molecule has 1 aromatic rings. The van der Waals surface area contributed by atoms with Crippen molar-refractivity contribution in [1.82, 2.24) is 15.2 Å². The van der Waals surface area contributed by atoms with E-state index in [4.69, 9.17) is 0 Å². The second-order valence-corrected chi connectivity index (χ2v) is 8.17. The fraction of sp³-hybridized carbons (Fsp3) is 0.667.